The second-order valence-corrected chi connectivity index (χ2v) is 12.9. The summed E-state index contributed by atoms with van der Waals surface area (Å²) in [7, 11) is 0. The Morgan fingerprint density at radius 2 is 1.68 bits per heavy atom. The van der Waals surface area contributed by atoms with E-state index in [2.05, 4.69) is 53.5 Å². The van der Waals surface area contributed by atoms with Gasteiger partial charge in [-0.05, 0) is 41.5 Å². The quantitative estimate of drug-likeness (QED) is 0.338. The Morgan fingerprint density at radius 3 is 2.24 bits per heavy atom. The van der Waals surface area contributed by atoms with Crippen LogP contribution in [0, 0.1) is 0 Å². The Balaban J connectivity index is 2.12. The van der Waals surface area contributed by atoms with Crippen LogP contribution in [0.15, 0.2) is 41.6 Å². The monoisotopic (exact) mass is 534 g/mol. The Kier molecular flexibility index (Phi) is 7.49. The lowest BCUT2D eigenvalue weighted by Crippen LogP contribution is -2.59. The number of nitrogens with zero attached hydrogens (tertiary/aromatic N) is 4. The van der Waals surface area contributed by atoms with E-state index in [-0.39, 0.29) is 34.8 Å². The van der Waals surface area contributed by atoms with Crippen LogP contribution < -0.4 is 14.7 Å². The fraction of sp³-hybridized carbons (Fsp3) is 0.467. The van der Waals surface area contributed by atoms with Crippen molar-refractivity contribution < 1.29 is 19.7 Å². The minimum atomic E-state index is -0.716. The summed E-state index contributed by atoms with van der Waals surface area (Å²) in [5.41, 5.74) is 3.26. The van der Waals surface area contributed by atoms with E-state index in [4.69, 9.17) is 5.10 Å². The molecule has 7 nitrogen and oxygen atoms in total. The van der Waals surface area contributed by atoms with Gasteiger partial charge in [0.1, 0.15) is 5.75 Å². The fourth-order valence-electron chi connectivity index (χ4n) is 4.88. The van der Waals surface area contributed by atoms with Crippen LogP contribution in [0.5, 0.6) is 11.6 Å². The number of para-hydroxylation sites is 1. The highest BCUT2D eigenvalue weighted by Crippen LogP contribution is 2.45. The molecule has 0 radical (unpaired) electrons. The van der Waals surface area contributed by atoms with Crippen LogP contribution >= 0.6 is 11.8 Å². The number of hydrogen-bond donors (Lipinski definition) is 1. The first kappa shape index (κ1) is 27.9. The number of amides is 1. The zero-order valence-electron chi connectivity index (χ0n) is 23.6. The summed E-state index contributed by atoms with van der Waals surface area (Å²) in [6, 6.07) is 11.4. The maximum atomic E-state index is 13.6. The van der Waals surface area contributed by atoms with Crippen LogP contribution in [0.1, 0.15) is 91.1 Å². The van der Waals surface area contributed by atoms with Gasteiger partial charge in [-0.3, -0.25) is 4.79 Å². The number of hydrogen-bond acceptors (Lipinski definition) is 6. The molecule has 0 saturated heterocycles. The van der Waals surface area contributed by atoms with E-state index >= 15 is 0 Å². The van der Waals surface area contributed by atoms with Crippen molar-refractivity contribution in [2.24, 2.45) is 0 Å². The average Bonchev–Trinajstić information content (AvgIpc) is 2.84. The van der Waals surface area contributed by atoms with Crippen molar-refractivity contribution >= 4 is 23.4 Å². The third-order valence-electron chi connectivity index (χ3n) is 6.77. The predicted octanol–water partition coefficient (Wildman–Crippen LogP) is 5.61. The van der Waals surface area contributed by atoms with Crippen molar-refractivity contribution in [2.75, 3.05) is 10.7 Å². The molecule has 8 heteroatoms. The van der Waals surface area contributed by atoms with Crippen LogP contribution in [-0.2, 0) is 15.6 Å². The van der Waals surface area contributed by atoms with E-state index in [1.165, 1.54) is 11.8 Å². The van der Waals surface area contributed by atoms with Crippen molar-refractivity contribution in [3.63, 3.8) is 0 Å². The van der Waals surface area contributed by atoms with Crippen molar-refractivity contribution in [3.05, 3.63) is 53.1 Å². The summed E-state index contributed by atoms with van der Waals surface area (Å²) in [4.78, 5) is 19.7. The van der Waals surface area contributed by atoms with Gasteiger partial charge in [-0.15, -0.1) is 0 Å². The summed E-state index contributed by atoms with van der Waals surface area (Å²) < 4.78 is 1.68. The van der Waals surface area contributed by atoms with Crippen LogP contribution in [0.25, 0.3) is 11.3 Å². The molecule has 0 fully saturated rings. The molecule has 1 atom stereocenters. The predicted molar refractivity (Wildman–Crippen MR) is 150 cm³/mol. The van der Waals surface area contributed by atoms with E-state index in [1.807, 2.05) is 43.3 Å². The molecule has 2 heterocycles. The van der Waals surface area contributed by atoms with Gasteiger partial charge >= 0.3 is 0 Å². The number of carbonyl (C=O) groups is 1. The van der Waals surface area contributed by atoms with Crippen LogP contribution in [0.3, 0.4) is 0 Å². The van der Waals surface area contributed by atoms with Gasteiger partial charge in [0.25, 0.3) is 17.0 Å². The van der Waals surface area contributed by atoms with Gasteiger partial charge in [0.15, 0.2) is 0 Å². The molecular formula is C30H38N4O3S. The highest BCUT2D eigenvalue weighted by Gasteiger charge is 2.45. The first-order valence-corrected chi connectivity index (χ1v) is 14.2. The van der Waals surface area contributed by atoms with E-state index in [1.54, 1.807) is 9.58 Å². The summed E-state index contributed by atoms with van der Waals surface area (Å²) in [5.74, 6) is 0.580. The van der Waals surface area contributed by atoms with Gasteiger partial charge in [0.2, 0.25) is 5.91 Å². The van der Waals surface area contributed by atoms with Crippen molar-refractivity contribution in [2.45, 2.75) is 90.4 Å². The lowest BCUT2D eigenvalue weighted by molar-refractivity contribution is -0.764. The zero-order valence-corrected chi connectivity index (χ0v) is 24.4. The van der Waals surface area contributed by atoms with Gasteiger partial charge < -0.3 is 10.2 Å². The van der Waals surface area contributed by atoms with Crippen LogP contribution in [0.2, 0.25) is 0 Å². The number of fused-ring (bicyclic) bond motifs is 3. The molecule has 1 aliphatic heterocycles. The summed E-state index contributed by atoms with van der Waals surface area (Å²) in [5, 5.41) is 30.1. The topological polar surface area (TPSA) is 93.3 Å². The number of thioether (sulfide) groups is 1. The highest BCUT2D eigenvalue weighted by molar-refractivity contribution is 7.99. The zero-order chi connectivity index (χ0) is 28.0. The Labute approximate surface area is 229 Å². The second kappa shape index (κ2) is 10.2. The van der Waals surface area contributed by atoms with Crippen LogP contribution in [0.4, 0.5) is 5.69 Å². The minimum Gasteiger partial charge on any atom is -0.854 e. The molecule has 38 heavy (non-hydrogen) atoms. The van der Waals surface area contributed by atoms with Crippen molar-refractivity contribution in [3.8, 4) is 22.9 Å². The van der Waals surface area contributed by atoms with E-state index < -0.39 is 6.17 Å². The second-order valence-electron chi connectivity index (χ2n) is 11.8. The number of aromatic nitrogens is 3. The van der Waals surface area contributed by atoms with E-state index in [0.717, 1.165) is 28.9 Å². The number of aromatic hydroxyl groups is 1. The molecule has 1 amide bonds. The van der Waals surface area contributed by atoms with Gasteiger partial charge in [-0.25, -0.2) is 9.88 Å². The molecule has 2 aromatic carbocycles. The smallest absolute Gasteiger partial charge is 0.293 e. The highest BCUT2D eigenvalue weighted by atomic mass is 32.2. The largest absolute Gasteiger partial charge is 0.854 e. The van der Waals surface area contributed by atoms with Crippen molar-refractivity contribution in [1.29, 1.82) is 0 Å². The molecule has 1 aliphatic rings. The Hall–Kier alpha value is -3.13. The summed E-state index contributed by atoms with van der Waals surface area (Å²) in [6.45, 7) is 16.2. The summed E-state index contributed by atoms with van der Waals surface area (Å²) >= 11 is 1.43. The standard InChI is InChI=1S/C30H38N4O3S/c1-9-15-38-28-31-26(37)24-19-13-11-12-14-22(19)33(23(35)10-2)27(34(24)32-28)18-16-20(29(3,4)5)25(36)21(17-18)30(6,7)8/h11-14,16-17,27H,9-10,15H2,1-8H3,(H-,31,32,36,37). The first-order chi connectivity index (χ1) is 17.8. The number of phenolic OH excluding ortho intramolecular Hbond substituents is 1. The maximum Gasteiger partial charge on any atom is 0.293 e. The summed E-state index contributed by atoms with van der Waals surface area (Å²) in [6.07, 6.45) is 0.481. The number of anilines is 1. The molecule has 0 aliphatic carbocycles. The molecule has 0 bridgehead atoms. The SMILES string of the molecule is CCCSc1nc([O-])c2[n+](n1)C(c1cc(C(C)(C)C)c(O)c(C(C)(C)C)c1)N(C(=O)CC)c1ccccc1-2. The van der Waals surface area contributed by atoms with E-state index in [9.17, 15) is 15.0 Å². The van der Waals surface area contributed by atoms with Crippen molar-refractivity contribution in [1.82, 2.24) is 10.1 Å². The number of benzene rings is 2. The third kappa shape index (κ3) is 4.98. The van der Waals surface area contributed by atoms with Gasteiger partial charge in [0, 0.05) is 34.0 Å². The number of phenols is 1. The molecule has 3 aromatic rings. The molecule has 202 valence electrons. The molecule has 1 N–H and O–H groups in total. The molecule has 1 unspecified atom stereocenters. The Bertz CT molecular complexity index is 1340. The Morgan fingerprint density at radius 1 is 1.08 bits per heavy atom. The minimum absolute atomic E-state index is 0.0860. The average molecular weight is 535 g/mol. The van der Waals surface area contributed by atoms with Gasteiger partial charge in [0.05, 0.1) is 17.1 Å². The van der Waals surface area contributed by atoms with E-state index in [0.29, 0.717) is 22.1 Å². The number of rotatable bonds is 5. The maximum absolute atomic E-state index is 13.6. The lowest BCUT2D eigenvalue weighted by atomic mass is 9.78. The van der Waals surface area contributed by atoms with Gasteiger partial charge in [-0.1, -0.05) is 84.0 Å². The lowest BCUT2D eigenvalue weighted by Gasteiger charge is -2.35. The third-order valence-corrected chi connectivity index (χ3v) is 7.81. The van der Waals surface area contributed by atoms with Crippen LogP contribution in [-0.4, -0.2) is 26.8 Å². The molecule has 4 rings (SSSR count). The molecular weight excluding hydrogens is 496 g/mol. The molecule has 1 aromatic heterocycles. The first-order valence-electron chi connectivity index (χ1n) is 13.2. The molecule has 0 saturated carbocycles. The number of carbonyl (C=O) groups excluding carboxylic acids is 1. The van der Waals surface area contributed by atoms with Gasteiger partial charge in [-0.2, -0.15) is 0 Å². The molecule has 0 spiro atoms. The fourth-order valence-corrected chi connectivity index (χ4v) is 5.56. The normalized spacial score (nSPS) is 15.3.